The summed E-state index contributed by atoms with van der Waals surface area (Å²) in [4.78, 5) is 29.3. The fourth-order valence-corrected chi connectivity index (χ4v) is 2.37. The Morgan fingerprint density at radius 1 is 1.35 bits per heavy atom. The van der Waals surface area contributed by atoms with E-state index in [1.54, 1.807) is 18.2 Å². The van der Waals surface area contributed by atoms with E-state index in [-0.39, 0.29) is 12.4 Å². The zero-order chi connectivity index (χ0) is 14.3. The number of halogens is 1. The Labute approximate surface area is 119 Å². The summed E-state index contributed by atoms with van der Waals surface area (Å²) in [7, 11) is 0. The lowest BCUT2D eigenvalue weighted by molar-refractivity contribution is -0.114. The third-order valence-electron chi connectivity index (χ3n) is 3.06. The van der Waals surface area contributed by atoms with E-state index in [1.807, 2.05) is 6.92 Å². The zero-order valence-corrected chi connectivity index (χ0v) is 11.3. The van der Waals surface area contributed by atoms with Gasteiger partial charge in [0, 0.05) is 6.42 Å². The smallest absolute Gasteiger partial charge is 0.300 e. The zero-order valence-electron chi connectivity index (χ0n) is 10.6. The van der Waals surface area contributed by atoms with Crippen molar-refractivity contribution in [2.75, 3.05) is 4.90 Å². The first-order valence-corrected chi connectivity index (χ1v) is 6.45. The standard InChI is InChI=1S/C13H10ClN3O3/c1-2-9-15-10(20-16-9)6-17-11-7(12(18)13(17)19)4-3-5-8(11)14/h3-5H,2,6H2,1H3. The van der Waals surface area contributed by atoms with Crippen LogP contribution in [0.3, 0.4) is 0 Å². The van der Waals surface area contributed by atoms with E-state index in [1.165, 1.54) is 4.90 Å². The van der Waals surface area contributed by atoms with Gasteiger partial charge in [-0.2, -0.15) is 4.98 Å². The minimum Gasteiger partial charge on any atom is -0.337 e. The second-order valence-electron chi connectivity index (χ2n) is 4.31. The van der Waals surface area contributed by atoms with Crippen LogP contribution in [0.1, 0.15) is 29.0 Å². The highest BCUT2D eigenvalue weighted by atomic mass is 35.5. The number of carbonyl (C=O) groups is 2. The maximum atomic E-state index is 12.0. The lowest BCUT2D eigenvalue weighted by atomic mass is 10.1. The van der Waals surface area contributed by atoms with Crippen molar-refractivity contribution in [3.05, 3.63) is 40.5 Å². The number of rotatable bonds is 3. The van der Waals surface area contributed by atoms with Gasteiger partial charge in [-0.25, -0.2) is 0 Å². The van der Waals surface area contributed by atoms with Gasteiger partial charge in [0.05, 0.1) is 16.3 Å². The molecule has 0 N–H and O–H groups in total. The Morgan fingerprint density at radius 2 is 2.15 bits per heavy atom. The number of anilines is 1. The van der Waals surface area contributed by atoms with Crippen molar-refractivity contribution in [2.45, 2.75) is 19.9 Å². The fourth-order valence-electron chi connectivity index (χ4n) is 2.10. The number of amides is 1. The summed E-state index contributed by atoms with van der Waals surface area (Å²) in [5.74, 6) is -0.379. The molecule has 102 valence electrons. The minimum atomic E-state index is -0.635. The fraction of sp³-hybridized carbons (Fsp3) is 0.231. The summed E-state index contributed by atoms with van der Waals surface area (Å²) in [6.45, 7) is 1.93. The molecule has 3 rings (SSSR count). The molecule has 0 spiro atoms. The highest BCUT2D eigenvalue weighted by molar-refractivity contribution is 6.54. The molecule has 0 saturated heterocycles. The topological polar surface area (TPSA) is 76.3 Å². The number of hydrogen-bond donors (Lipinski definition) is 0. The molecule has 1 aromatic heterocycles. The second-order valence-corrected chi connectivity index (χ2v) is 4.72. The van der Waals surface area contributed by atoms with E-state index < -0.39 is 11.7 Å². The highest BCUT2D eigenvalue weighted by Crippen LogP contribution is 2.36. The predicted octanol–water partition coefficient (Wildman–Crippen LogP) is 2.01. The maximum absolute atomic E-state index is 12.0. The number of benzene rings is 1. The van der Waals surface area contributed by atoms with Gasteiger partial charge in [0.1, 0.15) is 6.54 Å². The molecule has 6 nitrogen and oxygen atoms in total. The molecule has 0 radical (unpaired) electrons. The van der Waals surface area contributed by atoms with Crippen molar-refractivity contribution in [3.63, 3.8) is 0 Å². The predicted molar refractivity (Wildman–Crippen MR) is 70.6 cm³/mol. The van der Waals surface area contributed by atoms with Crippen LogP contribution >= 0.6 is 11.6 Å². The molecule has 1 aliphatic heterocycles. The van der Waals surface area contributed by atoms with Crippen LogP contribution < -0.4 is 4.90 Å². The van der Waals surface area contributed by atoms with Gasteiger partial charge < -0.3 is 4.52 Å². The number of hydrogen-bond acceptors (Lipinski definition) is 5. The first kappa shape index (κ1) is 12.8. The Kier molecular flexibility index (Phi) is 3.02. The summed E-state index contributed by atoms with van der Waals surface area (Å²) in [5.41, 5.74) is 0.707. The van der Waals surface area contributed by atoms with E-state index >= 15 is 0 Å². The van der Waals surface area contributed by atoms with Crippen LogP contribution in [0.5, 0.6) is 0 Å². The summed E-state index contributed by atoms with van der Waals surface area (Å²) < 4.78 is 5.05. The normalized spacial score (nSPS) is 14.0. The van der Waals surface area contributed by atoms with Crippen LogP contribution in [0.25, 0.3) is 0 Å². The van der Waals surface area contributed by atoms with Crippen molar-refractivity contribution in [3.8, 4) is 0 Å². The van der Waals surface area contributed by atoms with Crippen LogP contribution in [-0.2, 0) is 17.8 Å². The molecule has 2 heterocycles. The Hall–Kier alpha value is -2.21. The lowest BCUT2D eigenvalue weighted by Crippen LogP contribution is -2.29. The number of ketones is 1. The second kappa shape index (κ2) is 4.72. The molecule has 1 amide bonds. The molecule has 0 fully saturated rings. The van der Waals surface area contributed by atoms with Gasteiger partial charge in [0.2, 0.25) is 5.89 Å². The van der Waals surface area contributed by atoms with E-state index in [2.05, 4.69) is 10.1 Å². The van der Waals surface area contributed by atoms with Crippen molar-refractivity contribution < 1.29 is 14.1 Å². The molecular weight excluding hydrogens is 282 g/mol. The van der Waals surface area contributed by atoms with Crippen molar-refractivity contribution >= 4 is 29.0 Å². The van der Waals surface area contributed by atoms with Gasteiger partial charge in [0.15, 0.2) is 5.82 Å². The Balaban J connectivity index is 1.98. The molecule has 0 bridgehead atoms. The summed E-state index contributed by atoms with van der Waals surface area (Å²) in [6, 6.07) is 4.84. The SMILES string of the molecule is CCc1noc(CN2C(=O)C(=O)c3cccc(Cl)c32)n1. The number of fused-ring (bicyclic) bond motifs is 1. The molecule has 0 aliphatic carbocycles. The van der Waals surface area contributed by atoms with E-state index in [0.29, 0.717) is 28.5 Å². The third-order valence-corrected chi connectivity index (χ3v) is 3.37. The molecule has 0 atom stereocenters. The largest absolute Gasteiger partial charge is 0.337 e. The Morgan fingerprint density at radius 3 is 2.85 bits per heavy atom. The van der Waals surface area contributed by atoms with Crippen LogP contribution in [-0.4, -0.2) is 21.8 Å². The van der Waals surface area contributed by atoms with Gasteiger partial charge in [-0.1, -0.05) is 29.7 Å². The molecule has 20 heavy (non-hydrogen) atoms. The molecule has 7 heteroatoms. The first-order chi connectivity index (χ1) is 9.61. The minimum absolute atomic E-state index is 0.0360. The van der Waals surface area contributed by atoms with E-state index in [0.717, 1.165) is 0 Å². The number of Topliss-reactive ketones (excluding diaryl/α,β-unsaturated/α-hetero) is 1. The average Bonchev–Trinajstić information content (AvgIpc) is 2.99. The van der Waals surface area contributed by atoms with Crippen LogP contribution in [0, 0.1) is 0 Å². The maximum Gasteiger partial charge on any atom is 0.300 e. The van der Waals surface area contributed by atoms with Crippen molar-refractivity contribution in [2.24, 2.45) is 0 Å². The van der Waals surface area contributed by atoms with E-state index in [9.17, 15) is 9.59 Å². The third kappa shape index (κ3) is 1.89. The monoisotopic (exact) mass is 291 g/mol. The highest BCUT2D eigenvalue weighted by Gasteiger charge is 2.38. The van der Waals surface area contributed by atoms with Gasteiger partial charge in [-0.15, -0.1) is 0 Å². The lowest BCUT2D eigenvalue weighted by Gasteiger charge is -2.14. The van der Waals surface area contributed by atoms with Crippen LogP contribution in [0.15, 0.2) is 22.7 Å². The molecule has 0 unspecified atom stereocenters. The molecule has 1 aliphatic rings. The van der Waals surface area contributed by atoms with Crippen molar-refractivity contribution in [1.29, 1.82) is 0 Å². The molecule has 1 aromatic carbocycles. The van der Waals surface area contributed by atoms with Gasteiger partial charge in [-0.3, -0.25) is 14.5 Å². The number of nitrogens with zero attached hydrogens (tertiary/aromatic N) is 3. The summed E-state index contributed by atoms with van der Waals surface area (Å²) >= 11 is 6.08. The number of aryl methyl sites for hydroxylation is 1. The number of carbonyl (C=O) groups excluding carboxylic acids is 2. The molecule has 2 aromatic rings. The average molecular weight is 292 g/mol. The van der Waals surface area contributed by atoms with E-state index in [4.69, 9.17) is 16.1 Å². The molecular formula is C13H10ClN3O3. The van der Waals surface area contributed by atoms with Crippen molar-refractivity contribution in [1.82, 2.24) is 10.1 Å². The summed E-state index contributed by atoms with van der Waals surface area (Å²) in [5, 5.41) is 4.10. The summed E-state index contributed by atoms with van der Waals surface area (Å²) in [6.07, 6.45) is 0.633. The Bertz CT molecular complexity index is 711. The van der Waals surface area contributed by atoms with Crippen LogP contribution in [0.2, 0.25) is 5.02 Å². The number of para-hydroxylation sites is 1. The quantitative estimate of drug-likeness (QED) is 0.809. The van der Waals surface area contributed by atoms with Gasteiger partial charge >= 0.3 is 0 Å². The van der Waals surface area contributed by atoms with Crippen LogP contribution in [0.4, 0.5) is 5.69 Å². The number of aromatic nitrogens is 2. The molecule has 0 saturated carbocycles. The van der Waals surface area contributed by atoms with Gasteiger partial charge in [0.25, 0.3) is 11.7 Å². The first-order valence-electron chi connectivity index (χ1n) is 6.08. The van der Waals surface area contributed by atoms with Gasteiger partial charge in [-0.05, 0) is 12.1 Å².